The summed E-state index contributed by atoms with van der Waals surface area (Å²) in [5.74, 6) is 0.696. The van der Waals surface area contributed by atoms with Crippen molar-refractivity contribution in [3.63, 3.8) is 0 Å². The summed E-state index contributed by atoms with van der Waals surface area (Å²) in [5.41, 5.74) is 1.12. The number of benzene rings is 1. The predicted octanol–water partition coefficient (Wildman–Crippen LogP) is 1.92. The van der Waals surface area contributed by atoms with Gasteiger partial charge in [-0.15, -0.1) is 0 Å². The molecule has 3 nitrogen and oxygen atoms in total. The van der Waals surface area contributed by atoms with Gasteiger partial charge in [0.15, 0.2) is 0 Å². The summed E-state index contributed by atoms with van der Waals surface area (Å²) in [4.78, 5) is 12.0. The van der Waals surface area contributed by atoms with Gasteiger partial charge in [-0.2, -0.15) is 0 Å². The van der Waals surface area contributed by atoms with Gasteiger partial charge in [-0.3, -0.25) is 4.79 Å². The minimum Gasteiger partial charge on any atom is -0.352 e. The second-order valence-corrected chi connectivity index (χ2v) is 5.51. The van der Waals surface area contributed by atoms with Crippen LogP contribution in [0.3, 0.4) is 0 Å². The summed E-state index contributed by atoms with van der Waals surface area (Å²) in [6.07, 6.45) is 0. The topological polar surface area (TPSA) is 41.1 Å². The highest BCUT2D eigenvalue weighted by Crippen LogP contribution is 2.16. The number of carbonyl (C=O) groups is 1. The van der Waals surface area contributed by atoms with E-state index >= 15 is 0 Å². The van der Waals surface area contributed by atoms with Crippen LogP contribution in [0.5, 0.6) is 0 Å². The molecule has 1 heterocycles. The Morgan fingerprint density at radius 2 is 2.35 bits per heavy atom. The van der Waals surface area contributed by atoms with Gasteiger partial charge in [0.05, 0.1) is 5.92 Å². The van der Waals surface area contributed by atoms with Crippen molar-refractivity contribution in [2.24, 2.45) is 11.8 Å². The molecule has 0 aromatic heterocycles. The zero-order chi connectivity index (χ0) is 12.3. The summed E-state index contributed by atoms with van der Waals surface area (Å²) in [6, 6.07) is 8.00. The molecule has 1 amide bonds. The van der Waals surface area contributed by atoms with Gasteiger partial charge >= 0.3 is 0 Å². The molecular weight excluding hydrogens is 280 g/mol. The third kappa shape index (κ3) is 3.30. The molecule has 2 atom stereocenters. The summed E-state index contributed by atoms with van der Waals surface area (Å²) >= 11 is 3.42. The fraction of sp³-hybridized carbons (Fsp3) is 0.462. The van der Waals surface area contributed by atoms with Gasteiger partial charge in [0, 0.05) is 17.6 Å². The van der Waals surface area contributed by atoms with E-state index in [1.165, 1.54) is 0 Å². The fourth-order valence-electron chi connectivity index (χ4n) is 2.13. The molecule has 0 spiro atoms. The number of hydrogen-bond acceptors (Lipinski definition) is 2. The molecule has 0 radical (unpaired) electrons. The van der Waals surface area contributed by atoms with Gasteiger partial charge < -0.3 is 10.6 Å². The molecule has 0 aliphatic carbocycles. The monoisotopic (exact) mass is 296 g/mol. The van der Waals surface area contributed by atoms with Gasteiger partial charge in [0.2, 0.25) is 5.91 Å². The molecule has 1 aliphatic heterocycles. The Labute approximate surface area is 110 Å². The number of carbonyl (C=O) groups excluding carboxylic acids is 1. The van der Waals surface area contributed by atoms with Crippen molar-refractivity contribution in [1.82, 2.24) is 10.6 Å². The van der Waals surface area contributed by atoms with Gasteiger partial charge in [-0.1, -0.05) is 35.0 Å². The van der Waals surface area contributed by atoms with Crippen molar-refractivity contribution in [3.05, 3.63) is 34.3 Å². The Bertz CT molecular complexity index is 408. The first kappa shape index (κ1) is 12.6. The first-order chi connectivity index (χ1) is 8.16. The molecule has 1 fully saturated rings. The van der Waals surface area contributed by atoms with E-state index in [1.54, 1.807) is 0 Å². The van der Waals surface area contributed by atoms with E-state index in [1.807, 2.05) is 24.3 Å². The first-order valence-corrected chi connectivity index (χ1v) is 6.69. The first-order valence-electron chi connectivity index (χ1n) is 5.89. The summed E-state index contributed by atoms with van der Waals surface area (Å²) in [6.45, 7) is 4.45. The zero-order valence-electron chi connectivity index (χ0n) is 9.87. The summed E-state index contributed by atoms with van der Waals surface area (Å²) in [5, 5.41) is 6.24. The highest BCUT2D eigenvalue weighted by molar-refractivity contribution is 9.10. The van der Waals surface area contributed by atoms with E-state index in [0.717, 1.165) is 23.1 Å². The van der Waals surface area contributed by atoms with Crippen LogP contribution in [-0.2, 0) is 11.3 Å². The molecule has 1 aromatic rings. The van der Waals surface area contributed by atoms with Gasteiger partial charge in [-0.25, -0.2) is 0 Å². The summed E-state index contributed by atoms with van der Waals surface area (Å²) in [7, 11) is 0. The maximum absolute atomic E-state index is 12.0. The maximum Gasteiger partial charge on any atom is 0.224 e. The standard InChI is InChI=1S/C13H17BrN2O/c1-9-6-15-8-12(9)13(17)16-7-10-3-2-4-11(14)5-10/h2-5,9,12,15H,6-8H2,1H3,(H,16,17). The molecule has 2 unspecified atom stereocenters. The lowest BCUT2D eigenvalue weighted by molar-refractivity contribution is -0.125. The van der Waals surface area contributed by atoms with Crippen molar-refractivity contribution < 1.29 is 4.79 Å². The van der Waals surface area contributed by atoms with Gasteiger partial charge in [-0.05, 0) is 30.2 Å². The van der Waals surface area contributed by atoms with Crippen LogP contribution in [0.2, 0.25) is 0 Å². The SMILES string of the molecule is CC1CNCC1C(=O)NCc1cccc(Br)c1. The minimum absolute atomic E-state index is 0.113. The highest BCUT2D eigenvalue weighted by Gasteiger charge is 2.29. The van der Waals surface area contributed by atoms with Gasteiger partial charge in [0.1, 0.15) is 0 Å². The van der Waals surface area contributed by atoms with Crippen LogP contribution in [0.15, 0.2) is 28.7 Å². The van der Waals surface area contributed by atoms with Crippen molar-refractivity contribution in [2.45, 2.75) is 13.5 Å². The quantitative estimate of drug-likeness (QED) is 0.895. The lowest BCUT2D eigenvalue weighted by Crippen LogP contribution is -2.33. The lowest BCUT2D eigenvalue weighted by atomic mass is 9.97. The second-order valence-electron chi connectivity index (χ2n) is 4.59. The third-order valence-electron chi connectivity index (χ3n) is 3.21. The number of amides is 1. The third-order valence-corrected chi connectivity index (χ3v) is 3.70. The molecule has 17 heavy (non-hydrogen) atoms. The van der Waals surface area contributed by atoms with Crippen LogP contribution in [0.25, 0.3) is 0 Å². The molecule has 1 saturated heterocycles. The predicted molar refractivity (Wildman–Crippen MR) is 71.5 cm³/mol. The van der Waals surface area contributed by atoms with E-state index in [4.69, 9.17) is 0 Å². The molecule has 2 N–H and O–H groups in total. The second kappa shape index (κ2) is 5.65. The number of nitrogens with one attached hydrogen (secondary N) is 2. The Morgan fingerprint density at radius 1 is 1.53 bits per heavy atom. The van der Waals surface area contributed by atoms with Crippen LogP contribution in [-0.4, -0.2) is 19.0 Å². The number of hydrogen-bond donors (Lipinski definition) is 2. The molecule has 4 heteroatoms. The van der Waals surface area contributed by atoms with Gasteiger partial charge in [0.25, 0.3) is 0 Å². The molecule has 1 aliphatic rings. The number of halogens is 1. The average Bonchev–Trinajstić information content (AvgIpc) is 2.72. The molecular formula is C13H17BrN2O. The van der Waals surface area contributed by atoms with Crippen molar-refractivity contribution in [3.8, 4) is 0 Å². The minimum atomic E-state index is 0.113. The van der Waals surface area contributed by atoms with Crippen molar-refractivity contribution in [2.75, 3.05) is 13.1 Å². The van der Waals surface area contributed by atoms with Crippen LogP contribution in [0.1, 0.15) is 12.5 Å². The Kier molecular flexibility index (Phi) is 4.18. The maximum atomic E-state index is 12.0. The lowest BCUT2D eigenvalue weighted by Gasteiger charge is -2.14. The van der Waals surface area contributed by atoms with E-state index < -0.39 is 0 Å². The van der Waals surface area contributed by atoms with Crippen molar-refractivity contribution >= 4 is 21.8 Å². The van der Waals surface area contributed by atoms with E-state index in [9.17, 15) is 4.79 Å². The van der Waals surface area contributed by atoms with E-state index in [-0.39, 0.29) is 11.8 Å². The van der Waals surface area contributed by atoms with Crippen LogP contribution in [0.4, 0.5) is 0 Å². The average molecular weight is 297 g/mol. The van der Waals surface area contributed by atoms with Crippen LogP contribution < -0.4 is 10.6 Å². The Balaban J connectivity index is 1.88. The van der Waals surface area contributed by atoms with Crippen LogP contribution in [0, 0.1) is 11.8 Å². The van der Waals surface area contributed by atoms with E-state index in [0.29, 0.717) is 12.5 Å². The molecule has 2 rings (SSSR count). The summed E-state index contributed by atoms with van der Waals surface area (Å²) < 4.78 is 1.04. The Morgan fingerprint density at radius 3 is 3.00 bits per heavy atom. The number of rotatable bonds is 3. The van der Waals surface area contributed by atoms with Crippen LogP contribution >= 0.6 is 15.9 Å². The molecule has 92 valence electrons. The normalized spacial score (nSPS) is 23.6. The highest BCUT2D eigenvalue weighted by atomic mass is 79.9. The Hall–Kier alpha value is -0.870. The molecule has 0 saturated carbocycles. The molecule has 1 aromatic carbocycles. The van der Waals surface area contributed by atoms with Crippen molar-refractivity contribution in [1.29, 1.82) is 0 Å². The zero-order valence-corrected chi connectivity index (χ0v) is 11.5. The van der Waals surface area contributed by atoms with E-state index in [2.05, 4.69) is 33.5 Å². The largest absolute Gasteiger partial charge is 0.352 e. The fourth-order valence-corrected chi connectivity index (χ4v) is 2.57. The molecule has 0 bridgehead atoms. The smallest absolute Gasteiger partial charge is 0.224 e.